The summed E-state index contributed by atoms with van der Waals surface area (Å²) in [6.45, 7) is 7.66. The molecule has 1 fully saturated rings. The van der Waals surface area contributed by atoms with Gasteiger partial charge in [0.25, 0.3) is 0 Å². The van der Waals surface area contributed by atoms with E-state index in [0.29, 0.717) is 32.5 Å². The second kappa shape index (κ2) is 8.92. The summed E-state index contributed by atoms with van der Waals surface area (Å²) in [6.07, 6.45) is 1.42. The number of rotatable bonds is 7. The van der Waals surface area contributed by atoms with Crippen molar-refractivity contribution >= 4 is 11.8 Å². The van der Waals surface area contributed by atoms with Crippen LogP contribution in [0.5, 0.6) is 0 Å². The molecule has 0 aliphatic carbocycles. The van der Waals surface area contributed by atoms with Gasteiger partial charge in [-0.3, -0.25) is 14.5 Å². The minimum Gasteiger partial charge on any atom is -0.393 e. The van der Waals surface area contributed by atoms with Crippen molar-refractivity contribution in [1.29, 1.82) is 0 Å². The zero-order valence-corrected chi connectivity index (χ0v) is 12.6. The first-order chi connectivity index (χ1) is 9.52. The highest BCUT2D eigenvalue weighted by atomic mass is 16.3. The van der Waals surface area contributed by atoms with E-state index in [1.807, 2.05) is 11.8 Å². The molecule has 0 bridgehead atoms. The summed E-state index contributed by atoms with van der Waals surface area (Å²) in [5.41, 5.74) is 0. The Bertz CT molecular complexity index is 313. The second-order valence-electron chi connectivity index (χ2n) is 5.39. The first kappa shape index (κ1) is 16.9. The molecule has 1 aliphatic rings. The van der Waals surface area contributed by atoms with Crippen molar-refractivity contribution < 1.29 is 14.7 Å². The Labute approximate surface area is 121 Å². The highest BCUT2D eigenvalue weighted by molar-refractivity contribution is 5.78. The number of nitrogens with zero attached hydrogens (tertiary/aromatic N) is 2. The van der Waals surface area contributed by atoms with Crippen LogP contribution in [-0.4, -0.2) is 72.1 Å². The fourth-order valence-corrected chi connectivity index (χ4v) is 2.17. The predicted octanol–water partition coefficient (Wildman–Crippen LogP) is -0.182. The van der Waals surface area contributed by atoms with Crippen molar-refractivity contribution in [2.24, 2.45) is 0 Å². The fraction of sp³-hybridized carbons (Fsp3) is 0.857. The molecule has 1 saturated heterocycles. The molecule has 0 aromatic rings. The Hall–Kier alpha value is -1.14. The topological polar surface area (TPSA) is 72.9 Å². The van der Waals surface area contributed by atoms with Crippen molar-refractivity contribution in [3.8, 4) is 0 Å². The monoisotopic (exact) mass is 285 g/mol. The summed E-state index contributed by atoms with van der Waals surface area (Å²) in [5.74, 6) is 0.154. The molecule has 2 amide bonds. The summed E-state index contributed by atoms with van der Waals surface area (Å²) in [4.78, 5) is 27.4. The van der Waals surface area contributed by atoms with E-state index in [-0.39, 0.29) is 11.8 Å². The maximum Gasteiger partial charge on any atom is 0.234 e. The zero-order valence-electron chi connectivity index (χ0n) is 12.6. The summed E-state index contributed by atoms with van der Waals surface area (Å²) in [6, 6.07) is 0. The minimum atomic E-state index is -0.428. The van der Waals surface area contributed by atoms with E-state index in [1.165, 1.54) is 0 Å². The Morgan fingerprint density at radius 2 is 1.90 bits per heavy atom. The number of carbonyl (C=O) groups is 2. The van der Waals surface area contributed by atoms with E-state index in [0.717, 1.165) is 26.1 Å². The lowest BCUT2D eigenvalue weighted by molar-refractivity contribution is -0.133. The highest BCUT2D eigenvalue weighted by Gasteiger charge is 2.22. The van der Waals surface area contributed by atoms with Crippen LogP contribution in [0, 0.1) is 0 Å². The standard InChI is InChI=1S/C14H27N3O3/c1-3-6-15-13(19)11-16-7-9-17(10-8-16)14(20)5-4-12(2)18/h12,18H,3-11H2,1-2H3,(H,15,19). The molecule has 1 heterocycles. The van der Waals surface area contributed by atoms with Crippen molar-refractivity contribution in [2.75, 3.05) is 39.3 Å². The highest BCUT2D eigenvalue weighted by Crippen LogP contribution is 2.06. The molecule has 1 aliphatic heterocycles. The Morgan fingerprint density at radius 3 is 2.45 bits per heavy atom. The van der Waals surface area contributed by atoms with E-state index in [4.69, 9.17) is 0 Å². The molecule has 116 valence electrons. The third-order valence-corrected chi connectivity index (χ3v) is 3.44. The fourth-order valence-electron chi connectivity index (χ4n) is 2.17. The number of nitrogens with one attached hydrogen (secondary N) is 1. The Balaban J connectivity index is 2.22. The van der Waals surface area contributed by atoms with Gasteiger partial charge in [-0.1, -0.05) is 6.92 Å². The van der Waals surface area contributed by atoms with Gasteiger partial charge in [0.15, 0.2) is 0 Å². The Morgan fingerprint density at radius 1 is 1.25 bits per heavy atom. The normalized spacial score (nSPS) is 17.9. The molecule has 6 heteroatoms. The molecule has 6 nitrogen and oxygen atoms in total. The lowest BCUT2D eigenvalue weighted by Crippen LogP contribution is -2.51. The van der Waals surface area contributed by atoms with Crippen LogP contribution in [0.25, 0.3) is 0 Å². The first-order valence-corrected chi connectivity index (χ1v) is 7.47. The molecule has 20 heavy (non-hydrogen) atoms. The number of amides is 2. The number of piperazine rings is 1. The third-order valence-electron chi connectivity index (χ3n) is 3.44. The molecule has 1 rings (SSSR count). The summed E-state index contributed by atoms with van der Waals surface area (Å²) < 4.78 is 0. The molecule has 1 atom stereocenters. The van der Waals surface area contributed by atoms with Gasteiger partial charge in [0, 0.05) is 39.1 Å². The van der Waals surface area contributed by atoms with E-state index >= 15 is 0 Å². The van der Waals surface area contributed by atoms with Crippen LogP contribution in [0.2, 0.25) is 0 Å². The molecular weight excluding hydrogens is 258 g/mol. The van der Waals surface area contributed by atoms with Crippen LogP contribution >= 0.6 is 0 Å². The molecule has 0 spiro atoms. The van der Waals surface area contributed by atoms with E-state index in [9.17, 15) is 14.7 Å². The first-order valence-electron chi connectivity index (χ1n) is 7.47. The van der Waals surface area contributed by atoms with Gasteiger partial charge in [-0.2, -0.15) is 0 Å². The molecule has 0 radical (unpaired) electrons. The smallest absolute Gasteiger partial charge is 0.234 e. The molecule has 0 aromatic heterocycles. The minimum absolute atomic E-state index is 0.0562. The van der Waals surface area contributed by atoms with Gasteiger partial charge in [0.05, 0.1) is 12.6 Å². The number of carbonyl (C=O) groups excluding carboxylic acids is 2. The molecule has 0 aromatic carbocycles. The van der Waals surface area contributed by atoms with E-state index in [1.54, 1.807) is 6.92 Å². The number of hydrogen-bond donors (Lipinski definition) is 2. The maximum absolute atomic E-state index is 11.9. The average molecular weight is 285 g/mol. The van der Waals surface area contributed by atoms with Crippen LogP contribution in [0.4, 0.5) is 0 Å². The largest absolute Gasteiger partial charge is 0.393 e. The predicted molar refractivity (Wildman–Crippen MR) is 77.2 cm³/mol. The summed E-state index contributed by atoms with van der Waals surface area (Å²) in [7, 11) is 0. The van der Waals surface area contributed by atoms with Crippen molar-refractivity contribution in [2.45, 2.75) is 39.2 Å². The van der Waals surface area contributed by atoms with Crippen LogP contribution in [0.15, 0.2) is 0 Å². The summed E-state index contributed by atoms with van der Waals surface area (Å²) in [5, 5.41) is 12.0. The molecule has 2 N–H and O–H groups in total. The maximum atomic E-state index is 11.9. The van der Waals surface area contributed by atoms with Crippen molar-refractivity contribution in [1.82, 2.24) is 15.1 Å². The van der Waals surface area contributed by atoms with Gasteiger partial charge in [0.1, 0.15) is 0 Å². The average Bonchev–Trinajstić information content (AvgIpc) is 2.43. The SMILES string of the molecule is CCCNC(=O)CN1CCN(C(=O)CCC(C)O)CC1. The van der Waals surface area contributed by atoms with Crippen LogP contribution < -0.4 is 5.32 Å². The molecule has 0 saturated carbocycles. The van der Waals surface area contributed by atoms with Gasteiger partial charge in [-0.05, 0) is 19.8 Å². The van der Waals surface area contributed by atoms with Gasteiger partial charge in [0.2, 0.25) is 11.8 Å². The van der Waals surface area contributed by atoms with Crippen LogP contribution in [0.1, 0.15) is 33.1 Å². The second-order valence-corrected chi connectivity index (χ2v) is 5.39. The number of hydrogen-bond acceptors (Lipinski definition) is 4. The van der Waals surface area contributed by atoms with Gasteiger partial charge < -0.3 is 15.3 Å². The quantitative estimate of drug-likeness (QED) is 0.680. The molecule has 1 unspecified atom stereocenters. The number of aliphatic hydroxyl groups is 1. The van der Waals surface area contributed by atoms with Gasteiger partial charge in [-0.15, -0.1) is 0 Å². The lowest BCUT2D eigenvalue weighted by atomic mass is 10.2. The Kier molecular flexibility index (Phi) is 7.54. The van der Waals surface area contributed by atoms with Gasteiger partial charge >= 0.3 is 0 Å². The summed E-state index contributed by atoms with van der Waals surface area (Å²) >= 11 is 0. The van der Waals surface area contributed by atoms with Crippen LogP contribution in [-0.2, 0) is 9.59 Å². The molecular formula is C14H27N3O3. The zero-order chi connectivity index (χ0) is 15.0. The van der Waals surface area contributed by atoms with Gasteiger partial charge in [-0.25, -0.2) is 0 Å². The third kappa shape index (κ3) is 6.34. The van der Waals surface area contributed by atoms with Crippen molar-refractivity contribution in [3.63, 3.8) is 0 Å². The van der Waals surface area contributed by atoms with Crippen LogP contribution in [0.3, 0.4) is 0 Å². The van der Waals surface area contributed by atoms with E-state index < -0.39 is 6.10 Å². The number of aliphatic hydroxyl groups excluding tert-OH is 1. The van der Waals surface area contributed by atoms with E-state index in [2.05, 4.69) is 10.2 Å². The lowest BCUT2D eigenvalue weighted by Gasteiger charge is -2.34. The van der Waals surface area contributed by atoms with Crippen molar-refractivity contribution in [3.05, 3.63) is 0 Å².